The van der Waals surface area contributed by atoms with Gasteiger partial charge in [0.1, 0.15) is 6.29 Å². The van der Waals surface area contributed by atoms with Crippen molar-refractivity contribution in [1.29, 1.82) is 0 Å². The van der Waals surface area contributed by atoms with Crippen LogP contribution in [0.3, 0.4) is 0 Å². The van der Waals surface area contributed by atoms with E-state index in [-0.39, 0.29) is 5.91 Å². The molecule has 90 valence electrons. The molecule has 1 aromatic carbocycles. The van der Waals surface area contributed by atoms with E-state index in [2.05, 4.69) is 4.90 Å². The van der Waals surface area contributed by atoms with E-state index in [1.54, 1.807) is 12.1 Å². The molecule has 1 aliphatic heterocycles. The monoisotopic (exact) mass is 232 g/mol. The lowest BCUT2D eigenvalue weighted by molar-refractivity contribution is -0.125. The number of benzene rings is 1. The molecule has 0 radical (unpaired) electrons. The molecule has 2 N–H and O–H groups in total. The highest BCUT2D eigenvalue weighted by Gasteiger charge is 2.38. The number of amides is 1. The average Bonchev–Trinajstić information content (AvgIpc) is 2.74. The summed E-state index contributed by atoms with van der Waals surface area (Å²) in [5.41, 5.74) is 6.65. The molecule has 1 aromatic rings. The zero-order chi connectivity index (χ0) is 12.5. The number of rotatable bonds is 3. The second-order valence-corrected chi connectivity index (χ2v) is 4.81. The van der Waals surface area contributed by atoms with Gasteiger partial charge in [0, 0.05) is 24.3 Å². The first kappa shape index (κ1) is 11.6. The van der Waals surface area contributed by atoms with E-state index in [0.717, 1.165) is 24.9 Å². The van der Waals surface area contributed by atoms with Crippen molar-refractivity contribution in [2.24, 2.45) is 11.1 Å². The number of carbonyl (C=O) groups is 2. The van der Waals surface area contributed by atoms with Gasteiger partial charge in [0.2, 0.25) is 5.91 Å². The maximum absolute atomic E-state index is 11.3. The molecule has 17 heavy (non-hydrogen) atoms. The Morgan fingerprint density at radius 3 is 2.53 bits per heavy atom. The van der Waals surface area contributed by atoms with Gasteiger partial charge in [-0.3, -0.25) is 9.59 Å². The molecule has 1 atom stereocenters. The van der Waals surface area contributed by atoms with Crippen LogP contribution in [0.1, 0.15) is 23.7 Å². The van der Waals surface area contributed by atoms with Crippen LogP contribution in [0, 0.1) is 5.41 Å². The van der Waals surface area contributed by atoms with Gasteiger partial charge in [0.15, 0.2) is 0 Å². The van der Waals surface area contributed by atoms with E-state index in [1.165, 1.54) is 0 Å². The summed E-state index contributed by atoms with van der Waals surface area (Å²) >= 11 is 0. The van der Waals surface area contributed by atoms with Gasteiger partial charge in [-0.2, -0.15) is 0 Å². The molecule has 1 amide bonds. The molecule has 0 bridgehead atoms. The Balaban J connectivity index is 2.14. The second-order valence-electron chi connectivity index (χ2n) is 4.81. The van der Waals surface area contributed by atoms with Crippen LogP contribution >= 0.6 is 0 Å². The Morgan fingerprint density at radius 1 is 1.41 bits per heavy atom. The van der Waals surface area contributed by atoms with Gasteiger partial charge < -0.3 is 10.6 Å². The summed E-state index contributed by atoms with van der Waals surface area (Å²) in [6, 6.07) is 7.36. The van der Waals surface area contributed by atoms with Gasteiger partial charge in [0.05, 0.1) is 5.41 Å². The van der Waals surface area contributed by atoms with Crippen LogP contribution in [0.2, 0.25) is 0 Å². The summed E-state index contributed by atoms with van der Waals surface area (Å²) in [7, 11) is 0. The quantitative estimate of drug-likeness (QED) is 0.796. The predicted octanol–water partition coefficient (Wildman–Crippen LogP) is 1.20. The molecular formula is C13H16N2O2. The third kappa shape index (κ3) is 2.16. The summed E-state index contributed by atoms with van der Waals surface area (Å²) in [5.74, 6) is -0.246. The summed E-state index contributed by atoms with van der Waals surface area (Å²) in [4.78, 5) is 24.0. The van der Waals surface area contributed by atoms with Crippen LogP contribution in [0.4, 0.5) is 5.69 Å². The summed E-state index contributed by atoms with van der Waals surface area (Å²) < 4.78 is 0. The van der Waals surface area contributed by atoms with Crippen molar-refractivity contribution >= 4 is 17.9 Å². The number of hydrogen-bond donors (Lipinski definition) is 1. The van der Waals surface area contributed by atoms with Crippen LogP contribution in [0.5, 0.6) is 0 Å². The Morgan fingerprint density at radius 2 is 2.06 bits per heavy atom. The Labute approximate surface area is 100 Å². The minimum atomic E-state index is -0.441. The van der Waals surface area contributed by atoms with Crippen LogP contribution in [-0.4, -0.2) is 25.3 Å². The molecule has 4 heteroatoms. The number of nitrogens with zero attached hydrogens (tertiary/aromatic N) is 1. The lowest BCUT2D eigenvalue weighted by atomic mass is 9.89. The van der Waals surface area contributed by atoms with Gasteiger partial charge >= 0.3 is 0 Å². The van der Waals surface area contributed by atoms with Crippen LogP contribution < -0.4 is 10.6 Å². The van der Waals surface area contributed by atoms with Gasteiger partial charge in [-0.25, -0.2) is 0 Å². The van der Waals surface area contributed by atoms with Crippen molar-refractivity contribution in [1.82, 2.24) is 0 Å². The first-order chi connectivity index (χ1) is 8.05. The smallest absolute Gasteiger partial charge is 0.225 e. The van der Waals surface area contributed by atoms with Crippen LogP contribution in [0.25, 0.3) is 0 Å². The lowest BCUT2D eigenvalue weighted by Crippen LogP contribution is -2.37. The predicted molar refractivity (Wildman–Crippen MR) is 66.0 cm³/mol. The van der Waals surface area contributed by atoms with E-state index in [4.69, 9.17) is 5.73 Å². The van der Waals surface area contributed by atoms with Crippen molar-refractivity contribution in [2.45, 2.75) is 13.3 Å². The molecule has 1 saturated heterocycles. The number of aldehydes is 1. The molecule has 1 aliphatic rings. The van der Waals surface area contributed by atoms with Crippen molar-refractivity contribution < 1.29 is 9.59 Å². The van der Waals surface area contributed by atoms with Crippen LogP contribution in [0.15, 0.2) is 24.3 Å². The molecule has 1 heterocycles. The fourth-order valence-electron chi connectivity index (χ4n) is 2.15. The maximum atomic E-state index is 11.3. The van der Waals surface area contributed by atoms with Crippen molar-refractivity contribution in [3.63, 3.8) is 0 Å². The highest BCUT2D eigenvalue weighted by Crippen LogP contribution is 2.32. The second kappa shape index (κ2) is 4.20. The van der Waals surface area contributed by atoms with Crippen molar-refractivity contribution in [3.8, 4) is 0 Å². The zero-order valence-electron chi connectivity index (χ0n) is 9.85. The Hall–Kier alpha value is -1.84. The molecule has 2 rings (SSSR count). The molecule has 0 aliphatic carbocycles. The third-order valence-corrected chi connectivity index (χ3v) is 3.46. The fraction of sp³-hybridized carbons (Fsp3) is 0.385. The molecular weight excluding hydrogens is 216 g/mol. The molecule has 0 spiro atoms. The summed E-state index contributed by atoms with van der Waals surface area (Å²) in [6.07, 6.45) is 1.60. The number of primary amides is 1. The zero-order valence-corrected chi connectivity index (χ0v) is 9.85. The first-order valence-electron chi connectivity index (χ1n) is 5.65. The van der Waals surface area contributed by atoms with Crippen molar-refractivity contribution in [2.75, 3.05) is 18.0 Å². The molecule has 1 unspecified atom stereocenters. The van der Waals surface area contributed by atoms with E-state index < -0.39 is 5.41 Å². The SMILES string of the molecule is CC1(C(N)=O)CCN(c2ccc(C=O)cc2)C1. The summed E-state index contributed by atoms with van der Waals surface area (Å²) in [6.45, 7) is 3.36. The summed E-state index contributed by atoms with van der Waals surface area (Å²) in [5, 5.41) is 0. The van der Waals surface area contributed by atoms with E-state index in [1.807, 2.05) is 19.1 Å². The Kier molecular flexibility index (Phi) is 2.88. The van der Waals surface area contributed by atoms with E-state index in [0.29, 0.717) is 12.1 Å². The van der Waals surface area contributed by atoms with Gasteiger partial charge in [-0.1, -0.05) is 0 Å². The van der Waals surface area contributed by atoms with Gasteiger partial charge in [0.25, 0.3) is 0 Å². The third-order valence-electron chi connectivity index (χ3n) is 3.46. The minimum absolute atomic E-state index is 0.246. The number of hydrogen-bond acceptors (Lipinski definition) is 3. The molecule has 4 nitrogen and oxygen atoms in total. The standard InChI is InChI=1S/C13H16N2O2/c1-13(12(14)17)6-7-15(9-13)11-4-2-10(8-16)3-5-11/h2-5,8H,6-7,9H2,1H3,(H2,14,17). The fourth-order valence-corrected chi connectivity index (χ4v) is 2.15. The number of anilines is 1. The lowest BCUT2D eigenvalue weighted by Gasteiger charge is -2.22. The maximum Gasteiger partial charge on any atom is 0.225 e. The van der Waals surface area contributed by atoms with Crippen LogP contribution in [-0.2, 0) is 4.79 Å². The first-order valence-corrected chi connectivity index (χ1v) is 5.65. The molecule has 0 saturated carbocycles. The average molecular weight is 232 g/mol. The number of nitrogens with two attached hydrogens (primary N) is 1. The van der Waals surface area contributed by atoms with Gasteiger partial charge in [-0.05, 0) is 37.6 Å². The Bertz CT molecular complexity index is 441. The largest absolute Gasteiger partial charge is 0.370 e. The topological polar surface area (TPSA) is 63.4 Å². The highest BCUT2D eigenvalue weighted by atomic mass is 16.1. The van der Waals surface area contributed by atoms with Crippen molar-refractivity contribution in [3.05, 3.63) is 29.8 Å². The van der Waals surface area contributed by atoms with E-state index >= 15 is 0 Å². The van der Waals surface area contributed by atoms with Gasteiger partial charge in [-0.15, -0.1) is 0 Å². The molecule has 1 fully saturated rings. The molecule has 0 aromatic heterocycles. The van der Waals surface area contributed by atoms with E-state index in [9.17, 15) is 9.59 Å². The minimum Gasteiger partial charge on any atom is -0.370 e. The normalized spacial score (nSPS) is 23.7. The highest BCUT2D eigenvalue weighted by molar-refractivity contribution is 5.82. The number of carbonyl (C=O) groups excluding carboxylic acids is 2.